The molecule has 0 radical (unpaired) electrons. The maximum absolute atomic E-state index is 13.1. The number of carbonyl (C=O) groups is 2. The molecule has 7 nitrogen and oxygen atoms in total. The van der Waals surface area contributed by atoms with E-state index in [2.05, 4.69) is 4.90 Å². The van der Waals surface area contributed by atoms with Gasteiger partial charge in [0.15, 0.2) is 0 Å². The molecular formula is C20H27N3O4. The van der Waals surface area contributed by atoms with Gasteiger partial charge in [0.1, 0.15) is 5.70 Å². The zero-order valence-corrected chi connectivity index (χ0v) is 16.0. The van der Waals surface area contributed by atoms with Crippen molar-refractivity contribution in [3.63, 3.8) is 0 Å². The summed E-state index contributed by atoms with van der Waals surface area (Å²) in [5.74, 6) is -0.559. The number of morpholine rings is 1. The summed E-state index contributed by atoms with van der Waals surface area (Å²) in [6, 6.07) is 7.60. The lowest BCUT2D eigenvalue weighted by Crippen LogP contribution is -2.44. The molecule has 2 aliphatic heterocycles. The van der Waals surface area contributed by atoms with Crippen LogP contribution in [0.4, 0.5) is 0 Å². The summed E-state index contributed by atoms with van der Waals surface area (Å²) in [4.78, 5) is 31.3. The van der Waals surface area contributed by atoms with Gasteiger partial charge in [0.25, 0.3) is 11.8 Å². The van der Waals surface area contributed by atoms with Crippen LogP contribution in [-0.2, 0) is 14.3 Å². The third-order valence-corrected chi connectivity index (χ3v) is 5.04. The van der Waals surface area contributed by atoms with Crippen LogP contribution in [0.5, 0.6) is 0 Å². The van der Waals surface area contributed by atoms with Gasteiger partial charge >= 0.3 is 0 Å². The Balaban J connectivity index is 1.84. The second-order valence-corrected chi connectivity index (χ2v) is 6.95. The molecule has 1 saturated heterocycles. The van der Waals surface area contributed by atoms with E-state index in [1.165, 1.54) is 4.90 Å². The van der Waals surface area contributed by atoms with Crippen LogP contribution in [0.3, 0.4) is 0 Å². The van der Waals surface area contributed by atoms with E-state index in [0.29, 0.717) is 44.1 Å². The van der Waals surface area contributed by atoms with Crippen LogP contribution in [-0.4, -0.2) is 91.2 Å². The number of aryl methyl sites for hydroxylation is 1. The van der Waals surface area contributed by atoms with Crippen LogP contribution in [0.15, 0.2) is 30.0 Å². The first-order chi connectivity index (χ1) is 13.0. The van der Waals surface area contributed by atoms with Crippen LogP contribution in [0.25, 0.3) is 5.57 Å². The van der Waals surface area contributed by atoms with Gasteiger partial charge in [0, 0.05) is 39.8 Å². The van der Waals surface area contributed by atoms with Gasteiger partial charge in [-0.05, 0) is 12.5 Å². The quantitative estimate of drug-likeness (QED) is 0.695. The molecule has 2 aliphatic rings. The molecule has 0 atom stereocenters. The molecule has 3 rings (SSSR count). The minimum Gasteiger partial charge on any atom is -0.395 e. The third-order valence-electron chi connectivity index (χ3n) is 5.04. The molecule has 146 valence electrons. The Hall–Kier alpha value is -2.22. The number of amides is 2. The Morgan fingerprint density at radius 3 is 2.37 bits per heavy atom. The molecule has 27 heavy (non-hydrogen) atoms. The average Bonchev–Trinajstić information content (AvgIpc) is 2.92. The van der Waals surface area contributed by atoms with Crippen LogP contribution in [0.1, 0.15) is 11.1 Å². The van der Waals surface area contributed by atoms with E-state index in [9.17, 15) is 14.7 Å². The summed E-state index contributed by atoms with van der Waals surface area (Å²) in [6.07, 6.45) is 0. The monoisotopic (exact) mass is 373 g/mol. The fourth-order valence-electron chi connectivity index (χ4n) is 3.43. The summed E-state index contributed by atoms with van der Waals surface area (Å²) in [5.41, 5.74) is 2.59. The topological polar surface area (TPSA) is 73.3 Å². The molecule has 0 spiro atoms. The van der Waals surface area contributed by atoms with Crippen molar-refractivity contribution in [1.29, 1.82) is 0 Å². The number of carbonyl (C=O) groups excluding carboxylic acids is 2. The lowest BCUT2D eigenvalue weighted by Gasteiger charge is -2.28. The largest absolute Gasteiger partial charge is 0.395 e. The van der Waals surface area contributed by atoms with Gasteiger partial charge in [0.2, 0.25) is 0 Å². The first kappa shape index (κ1) is 19.5. The van der Waals surface area contributed by atoms with Crippen molar-refractivity contribution >= 4 is 17.4 Å². The highest BCUT2D eigenvalue weighted by Crippen LogP contribution is 2.31. The van der Waals surface area contributed by atoms with E-state index in [4.69, 9.17) is 4.74 Å². The predicted molar refractivity (Wildman–Crippen MR) is 102 cm³/mol. The summed E-state index contributed by atoms with van der Waals surface area (Å²) in [7, 11) is 1.73. The Morgan fingerprint density at radius 2 is 1.74 bits per heavy atom. The fraction of sp³-hybridized carbons (Fsp3) is 0.500. The molecule has 1 aromatic rings. The maximum Gasteiger partial charge on any atom is 0.277 e. The molecule has 7 heteroatoms. The first-order valence-electron chi connectivity index (χ1n) is 9.32. The molecule has 0 bridgehead atoms. The highest BCUT2D eigenvalue weighted by atomic mass is 16.5. The van der Waals surface area contributed by atoms with E-state index in [1.807, 2.05) is 31.2 Å². The number of hydrogen-bond acceptors (Lipinski definition) is 6. The van der Waals surface area contributed by atoms with Gasteiger partial charge in [-0.3, -0.25) is 19.4 Å². The number of benzene rings is 1. The standard InChI is InChI=1S/C20H27N3O4/c1-15-3-5-16(6-4-15)17-18(21(2)9-12-24)20(26)23(19(17)25)8-7-22-10-13-27-14-11-22/h3-6,24H,7-14H2,1-2H3. The Bertz CT molecular complexity index is 723. The third kappa shape index (κ3) is 4.21. The first-order valence-corrected chi connectivity index (χ1v) is 9.32. The molecule has 0 aliphatic carbocycles. The van der Waals surface area contributed by atoms with Crippen LogP contribution in [0, 0.1) is 6.92 Å². The number of rotatable bonds is 7. The maximum atomic E-state index is 13.1. The second kappa shape index (κ2) is 8.65. The summed E-state index contributed by atoms with van der Waals surface area (Å²) >= 11 is 0. The minimum atomic E-state index is -0.292. The van der Waals surface area contributed by atoms with Crippen molar-refractivity contribution in [2.45, 2.75) is 6.92 Å². The molecule has 1 N–H and O–H groups in total. The van der Waals surface area contributed by atoms with E-state index in [1.54, 1.807) is 11.9 Å². The zero-order chi connectivity index (χ0) is 19.4. The number of aliphatic hydroxyl groups excluding tert-OH is 1. The lowest BCUT2D eigenvalue weighted by atomic mass is 10.0. The summed E-state index contributed by atoms with van der Waals surface area (Å²) in [5, 5.41) is 9.29. The lowest BCUT2D eigenvalue weighted by molar-refractivity contribution is -0.137. The molecule has 0 unspecified atom stereocenters. The summed E-state index contributed by atoms with van der Waals surface area (Å²) in [6.45, 7) is 6.16. The molecule has 0 aromatic heterocycles. The number of ether oxygens (including phenoxy) is 1. The highest BCUT2D eigenvalue weighted by molar-refractivity contribution is 6.35. The molecular weight excluding hydrogens is 346 g/mol. The number of imide groups is 1. The number of likely N-dealkylation sites (N-methyl/N-ethyl adjacent to an activating group) is 1. The highest BCUT2D eigenvalue weighted by Gasteiger charge is 2.40. The van der Waals surface area contributed by atoms with Crippen LogP contribution < -0.4 is 0 Å². The molecule has 1 aromatic carbocycles. The van der Waals surface area contributed by atoms with E-state index >= 15 is 0 Å². The van der Waals surface area contributed by atoms with Gasteiger partial charge in [-0.1, -0.05) is 29.8 Å². The fourth-order valence-corrected chi connectivity index (χ4v) is 3.43. The average molecular weight is 373 g/mol. The number of aliphatic hydroxyl groups is 1. The summed E-state index contributed by atoms with van der Waals surface area (Å²) < 4.78 is 5.35. The molecule has 0 saturated carbocycles. The van der Waals surface area contributed by atoms with Gasteiger partial charge in [-0.25, -0.2) is 0 Å². The number of nitrogens with zero attached hydrogens (tertiary/aromatic N) is 3. The minimum absolute atomic E-state index is 0.0869. The Morgan fingerprint density at radius 1 is 1.07 bits per heavy atom. The Kier molecular flexibility index (Phi) is 6.26. The normalized spacial score (nSPS) is 18.6. The van der Waals surface area contributed by atoms with Gasteiger partial charge < -0.3 is 14.7 Å². The van der Waals surface area contributed by atoms with Crippen molar-refractivity contribution in [2.75, 3.05) is 59.6 Å². The van der Waals surface area contributed by atoms with Crippen molar-refractivity contribution in [1.82, 2.24) is 14.7 Å². The predicted octanol–water partition coefficient (Wildman–Crippen LogP) is 0.331. The van der Waals surface area contributed by atoms with Gasteiger partial charge in [-0.2, -0.15) is 0 Å². The van der Waals surface area contributed by atoms with E-state index in [0.717, 1.165) is 24.2 Å². The Labute approximate surface area is 159 Å². The van der Waals surface area contributed by atoms with Gasteiger partial charge in [0.05, 0.1) is 25.4 Å². The van der Waals surface area contributed by atoms with Crippen LogP contribution in [0.2, 0.25) is 0 Å². The van der Waals surface area contributed by atoms with Crippen molar-refractivity contribution in [2.24, 2.45) is 0 Å². The second-order valence-electron chi connectivity index (χ2n) is 6.95. The van der Waals surface area contributed by atoms with Crippen molar-refractivity contribution in [3.05, 3.63) is 41.1 Å². The molecule has 2 heterocycles. The van der Waals surface area contributed by atoms with Gasteiger partial charge in [-0.15, -0.1) is 0 Å². The number of hydrogen-bond donors (Lipinski definition) is 1. The SMILES string of the molecule is Cc1ccc(C2=C(N(C)CCO)C(=O)N(CCN3CCOCC3)C2=O)cc1. The zero-order valence-electron chi connectivity index (χ0n) is 16.0. The molecule has 2 amide bonds. The smallest absolute Gasteiger partial charge is 0.277 e. The van der Waals surface area contributed by atoms with Crippen molar-refractivity contribution < 1.29 is 19.4 Å². The van der Waals surface area contributed by atoms with Crippen molar-refractivity contribution in [3.8, 4) is 0 Å². The molecule has 1 fully saturated rings. The van der Waals surface area contributed by atoms with E-state index in [-0.39, 0.29) is 18.4 Å². The van der Waals surface area contributed by atoms with Crippen LogP contribution >= 0.6 is 0 Å². The van der Waals surface area contributed by atoms with E-state index < -0.39 is 0 Å².